The normalized spacial score (nSPS) is 15.2. The van der Waals surface area contributed by atoms with E-state index >= 15 is 0 Å². The fraction of sp³-hybridized carbons (Fsp3) is 0.429. The highest BCUT2D eigenvalue weighted by Gasteiger charge is 2.27. The molecule has 3 rings (SSSR count). The number of nitrogens with zero attached hydrogens (tertiary/aromatic N) is 3. The van der Waals surface area contributed by atoms with Crippen LogP contribution in [-0.2, 0) is 10.0 Å². The number of sulfonamides is 1. The minimum absolute atomic E-state index is 0.0451. The van der Waals surface area contributed by atoms with Gasteiger partial charge in [-0.05, 0) is 55.2 Å². The summed E-state index contributed by atoms with van der Waals surface area (Å²) < 4.78 is 41.1. The molecule has 8 nitrogen and oxygen atoms in total. The van der Waals surface area contributed by atoms with Gasteiger partial charge in [0.15, 0.2) is 0 Å². The van der Waals surface area contributed by atoms with Crippen molar-refractivity contribution in [3.8, 4) is 0 Å². The molecule has 0 aliphatic carbocycles. The van der Waals surface area contributed by atoms with E-state index < -0.39 is 21.9 Å². The molecule has 10 heteroatoms. The standard InChI is InChI=1S/C21H27FN4O4S/c1-15(2)14-26(18-5-3-16(22)4-6-18)31(29,30)19-7-8-20(23-13-19)24-17-9-11-25(12-10-17)21(27)28/h3-8,13,15,17H,9-12,14H2,1-2H3,(H,23,24)(H,27,28). The van der Waals surface area contributed by atoms with Crippen molar-refractivity contribution in [2.24, 2.45) is 5.92 Å². The quantitative estimate of drug-likeness (QED) is 0.668. The van der Waals surface area contributed by atoms with E-state index in [1.807, 2.05) is 13.8 Å². The van der Waals surface area contributed by atoms with Gasteiger partial charge < -0.3 is 15.3 Å². The van der Waals surface area contributed by atoms with Gasteiger partial charge in [-0.15, -0.1) is 0 Å². The molecule has 0 atom stereocenters. The largest absolute Gasteiger partial charge is 0.465 e. The number of carbonyl (C=O) groups is 1. The maximum atomic E-state index is 13.3. The summed E-state index contributed by atoms with van der Waals surface area (Å²) in [6.07, 6.45) is 1.70. The first-order valence-electron chi connectivity index (χ1n) is 10.2. The average Bonchev–Trinajstić information content (AvgIpc) is 2.73. The summed E-state index contributed by atoms with van der Waals surface area (Å²) >= 11 is 0. The van der Waals surface area contributed by atoms with E-state index in [1.165, 1.54) is 45.7 Å². The van der Waals surface area contributed by atoms with Crippen LogP contribution >= 0.6 is 0 Å². The molecule has 0 radical (unpaired) electrons. The zero-order valence-corrected chi connectivity index (χ0v) is 18.3. The van der Waals surface area contributed by atoms with Gasteiger partial charge in [-0.3, -0.25) is 4.31 Å². The predicted octanol–water partition coefficient (Wildman–Crippen LogP) is 3.63. The molecule has 1 aliphatic heterocycles. The number of nitrogens with one attached hydrogen (secondary N) is 1. The average molecular weight is 451 g/mol. The lowest BCUT2D eigenvalue weighted by Crippen LogP contribution is -2.41. The van der Waals surface area contributed by atoms with Crippen LogP contribution in [0.2, 0.25) is 0 Å². The van der Waals surface area contributed by atoms with Crippen LogP contribution < -0.4 is 9.62 Å². The lowest BCUT2D eigenvalue weighted by molar-refractivity contribution is 0.133. The molecule has 1 aliphatic rings. The molecule has 0 bridgehead atoms. The van der Waals surface area contributed by atoms with Crippen molar-refractivity contribution in [1.29, 1.82) is 0 Å². The Morgan fingerprint density at radius 1 is 1.23 bits per heavy atom. The maximum absolute atomic E-state index is 13.3. The summed E-state index contributed by atoms with van der Waals surface area (Å²) in [5.74, 6) is 0.159. The van der Waals surface area contributed by atoms with E-state index in [4.69, 9.17) is 5.11 Å². The van der Waals surface area contributed by atoms with Gasteiger partial charge in [0.1, 0.15) is 16.5 Å². The van der Waals surface area contributed by atoms with E-state index in [-0.39, 0.29) is 23.4 Å². The van der Waals surface area contributed by atoms with Crippen molar-refractivity contribution < 1.29 is 22.7 Å². The molecule has 168 valence electrons. The van der Waals surface area contributed by atoms with Crippen LogP contribution in [0.1, 0.15) is 26.7 Å². The highest BCUT2D eigenvalue weighted by Crippen LogP contribution is 2.26. The van der Waals surface area contributed by atoms with Gasteiger partial charge in [0.25, 0.3) is 10.0 Å². The smallest absolute Gasteiger partial charge is 0.407 e. The number of aromatic nitrogens is 1. The molecule has 0 spiro atoms. The Morgan fingerprint density at radius 2 is 1.87 bits per heavy atom. The van der Waals surface area contributed by atoms with Crippen LogP contribution in [0, 0.1) is 11.7 Å². The number of amides is 1. The van der Waals surface area contributed by atoms with Crippen molar-refractivity contribution >= 4 is 27.6 Å². The summed E-state index contributed by atoms with van der Waals surface area (Å²) in [4.78, 5) is 16.7. The molecule has 1 aromatic carbocycles. The van der Waals surface area contributed by atoms with Crippen LogP contribution in [0.3, 0.4) is 0 Å². The predicted molar refractivity (Wildman–Crippen MR) is 116 cm³/mol. The number of hydrogen-bond donors (Lipinski definition) is 2. The molecule has 1 aromatic heterocycles. The minimum Gasteiger partial charge on any atom is -0.465 e. The first-order chi connectivity index (χ1) is 14.7. The number of anilines is 2. The van der Waals surface area contributed by atoms with Gasteiger partial charge in [0.2, 0.25) is 0 Å². The van der Waals surface area contributed by atoms with Gasteiger partial charge >= 0.3 is 6.09 Å². The second-order valence-corrected chi connectivity index (χ2v) is 9.84. The Labute approximate surface area is 181 Å². The SMILES string of the molecule is CC(C)CN(c1ccc(F)cc1)S(=O)(=O)c1ccc(NC2CCN(C(=O)O)CC2)nc1. The molecule has 31 heavy (non-hydrogen) atoms. The summed E-state index contributed by atoms with van der Waals surface area (Å²) in [6.45, 7) is 4.96. The van der Waals surface area contributed by atoms with E-state index in [0.717, 1.165) is 0 Å². The van der Waals surface area contributed by atoms with Crippen LogP contribution in [0.25, 0.3) is 0 Å². The second-order valence-electron chi connectivity index (χ2n) is 7.97. The molecule has 2 N–H and O–H groups in total. The fourth-order valence-electron chi connectivity index (χ4n) is 3.45. The fourth-order valence-corrected chi connectivity index (χ4v) is 5.03. The first kappa shape index (κ1) is 22.8. The molecule has 2 aromatic rings. The second kappa shape index (κ2) is 9.51. The van der Waals surface area contributed by atoms with Crippen molar-refractivity contribution in [3.63, 3.8) is 0 Å². The van der Waals surface area contributed by atoms with E-state index in [9.17, 15) is 17.6 Å². The summed E-state index contributed by atoms with van der Waals surface area (Å²) in [5, 5.41) is 12.3. The Morgan fingerprint density at radius 3 is 2.39 bits per heavy atom. The third-order valence-electron chi connectivity index (χ3n) is 5.09. The van der Waals surface area contributed by atoms with Crippen molar-refractivity contribution in [2.45, 2.75) is 37.6 Å². The Kier molecular flexibility index (Phi) is 6.99. The number of pyridine rings is 1. The van der Waals surface area contributed by atoms with Gasteiger partial charge in [-0.25, -0.2) is 22.6 Å². The zero-order chi connectivity index (χ0) is 22.6. The molecule has 2 heterocycles. The minimum atomic E-state index is -3.88. The Hall–Kier alpha value is -2.88. The summed E-state index contributed by atoms with van der Waals surface area (Å²) in [7, 11) is -3.88. The van der Waals surface area contributed by atoms with Gasteiger partial charge in [-0.1, -0.05) is 13.8 Å². The van der Waals surface area contributed by atoms with Crippen molar-refractivity contribution in [3.05, 3.63) is 48.4 Å². The maximum Gasteiger partial charge on any atom is 0.407 e. The van der Waals surface area contributed by atoms with Gasteiger partial charge in [0.05, 0.1) is 5.69 Å². The van der Waals surface area contributed by atoms with Crippen LogP contribution in [0.15, 0.2) is 47.5 Å². The molecular weight excluding hydrogens is 423 g/mol. The monoisotopic (exact) mass is 450 g/mol. The molecular formula is C21H27FN4O4S. The third-order valence-corrected chi connectivity index (χ3v) is 6.86. The highest BCUT2D eigenvalue weighted by atomic mass is 32.2. The molecule has 1 fully saturated rings. The first-order valence-corrected chi connectivity index (χ1v) is 11.6. The van der Waals surface area contributed by atoms with E-state index in [0.29, 0.717) is 37.4 Å². The van der Waals surface area contributed by atoms with Crippen LogP contribution in [-0.4, -0.2) is 55.2 Å². The Bertz CT molecular complexity index is 989. The number of likely N-dealkylation sites (tertiary alicyclic amines) is 1. The Balaban J connectivity index is 1.74. The van der Waals surface area contributed by atoms with Gasteiger partial charge in [-0.2, -0.15) is 0 Å². The van der Waals surface area contributed by atoms with Crippen LogP contribution in [0.4, 0.5) is 20.7 Å². The number of halogens is 1. The van der Waals surface area contributed by atoms with E-state index in [2.05, 4.69) is 10.3 Å². The number of hydrogen-bond acceptors (Lipinski definition) is 5. The zero-order valence-electron chi connectivity index (χ0n) is 17.5. The molecule has 1 amide bonds. The van der Waals surface area contributed by atoms with Crippen molar-refractivity contribution in [1.82, 2.24) is 9.88 Å². The van der Waals surface area contributed by atoms with E-state index in [1.54, 1.807) is 6.07 Å². The number of benzene rings is 1. The topological polar surface area (TPSA) is 103 Å². The number of rotatable bonds is 7. The molecule has 1 saturated heterocycles. The highest BCUT2D eigenvalue weighted by molar-refractivity contribution is 7.92. The lowest BCUT2D eigenvalue weighted by Gasteiger charge is -2.30. The van der Waals surface area contributed by atoms with Gasteiger partial charge in [0, 0.05) is 31.9 Å². The molecule has 0 saturated carbocycles. The number of piperidine rings is 1. The lowest BCUT2D eigenvalue weighted by atomic mass is 10.1. The molecule has 0 unspecified atom stereocenters. The van der Waals surface area contributed by atoms with Crippen LogP contribution in [0.5, 0.6) is 0 Å². The summed E-state index contributed by atoms with van der Waals surface area (Å²) in [6, 6.07) is 8.53. The van der Waals surface area contributed by atoms with Crippen molar-refractivity contribution in [2.75, 3.05) is 29.3 Å². The number of carboxylic acid groups (broad SMARTS) is 1. The summed E-state index contributed by atoms with van der Waals surface area (Å²) in [5.41, 5.74) is 0.391. The third kappa shape index (κ3) is 5.63.